The Morgan fingerprint density at radius 2 is 2.40 bits per heavy atom. The highest BCUT2D eigenvalue weighted by atomic mass is 16.3. The molecule has 0 saturated carbocycles. The van der Waals surface area contributed by atoms with Crippen molar-refractivity contribution in [3.63, 3.8) is 0 Å². The Bertz CT molecular complexity index is 243. The zero-order valence-electron chi connectivity index (χ0n) is 6.00. The second-order valence-electron chi connectivity index (χ2n) is 2.03. The Labute approximate surface area is 60.7 Å². The Morgan fingerprint density at radius 1 is 1.60 bits per heavy atom. The first-order valence-corrected chi connectivity index (χ1v) is 3.18. The topological polar surface area (TPSA) is 13.1 Å². The van der Waals surface area contributed by atoms with Gasteiger partial charge in [-0.05, 0) is 13.0 Å². The molecular weight excluding hydrogens is 124 g/mol. The van der Waals surface area contributed by atoms with E-state index in [1.54, 1.807) is 12.3 Å². The Kier molecular flexibility index (Phi) is 2.11. The first-order valence-electron chi connectivity index (χ1n) is 3.18. The smallest absolute Gasteiger partial charge is 0.107 e. The van der Waals surface area contributed by atoms with E-state index in [1.807, 2.05) is 25.1 Å². The highest BCUT2D eigenvalue weighted by Crippen LogP contribution is 2.09. The van der Waals surface area contributed by atoms with Crippen molar-refractivity contribution in [1.82, 2.24) is 0 Å². The summed E-state index contributed by atoms with van der Waals surface area (Å²) in [5.74, 6) is 0.943. The Balaban J connectivity index is 2.83. The van der Waals surface area contributed by atoms with E-state index < -0.39 is 0 Å². The van der Waals surface area contributed by atoms with Crippen molar-refractivity contribution in [2.45, 2.75) is 6.92 Å². The first kappa shape index (κ1) is 6.87. The van der Waals surface area contributed by atoms with Crippen LogP contribution in [-0.2, 0) is 0 Å². The van der Waals surface area contributed by atoms with Gasteiger partial charge in [0.05, 0.1) is 6.26 Å². The zero-order valence-corrected chi connectivity index (χ0v) is 6.00. The van der Waals surface area contributed by atoms with Crippen molar-refractivity contribution in [2.75, 3.05) is 0 Å². The summed E-state index contributed by atoms with van der Waals surface area (Å²) < 4.78 is 5.08. The molecule has 52 valence electrons. The molecule has 10 heavy (non-hydrogen) atoms. The molecule has 0 bridgehead atoms. The lowest BCUT2D eigenvalue weighted by atomic mass is 10.2. The van der Waals surface area contributed by atoms with Crippen LogP contribution in [0.4, 0.5) is 0 Å². The molecular formula is C9H10O. The minimum absolute atomic E-state index is 0.943. The number of hydrogen-bond acceptors (Lipinski definition) is 1. The maximum absolute atomic E-state index is 5.08. The molecule has 0 amide bonds. The summed E-state index contributed by atoms with van der Waals surface area (Å²) in [5.41, 5.74) is 1.11. The molecule has 0 atom stereocenters. The summed E-state index contributed by atoms with van der Waals surface area (Å²) in [5, 5.41) is 0. The van der Waals surface area contributed by atoms with Crippen LogP contribution in [0.15, 0.2) is 35.5 Å². The quantitative estimate of drug-likeness (QED) is 0.567. The van der Waals surface area contributed by atoms with E-state index in [0.717, 1.165) is 11.3 Å². The minimum atomic E-state index is 0.943. The molecule has 0 saturated heterocycles. The lowest BCUT2D eigenvalue weighted by Gasteiger charge is -1.84. The molecule has 1 rings (SSSR count). The SMILES string of the molecule is C=C/C=C\c1ccoc1C. The van der Waals surface area contributed by atoms with Gasteiger partial charge in [-0.15, -0.1) is 0 Å². The van der Waals surface area contributed by atoms with Crippen molar-refractivity contribution in [2.24, 2.45) is 0 Å². The fourth-order valence-electron chi connectivity index (χ4n) is 0.739. The molecule has 0 radical (unpaired) electrons. The molecule has 0 aromatic carbocycles. The summed E-state index contributed by atoms with van der Waals surface area (Å²) in [6, 6.07) is 1.93. The molecule has 0 unspecified atom stereocenters. The molecule has 0 fully saturated rings. The zero-order chi connectivity index (χ0) is 7.40. The third-order valence-corrected chi connectivity index (χ3v) is 1.31. The van der Waals surface area contributed by atoms with Crippen molar-refractivity contribution in [1.29, 1.82) is 0 Å². The fourth-order valence-corrected chi connectivity index (χ4v) is 0.739. The van der Waals surface area contributed by atoms with E-state index in [4.69, 9.17) is 4.42 Å². The lowest BCUT2D eigenvalue weighted by Crippen LogP contribution is -1.66. The van der Waals surface area contributed by atoms with Crippen molar-refractivity contribution in [3.8, 4) is 0 Å². The predicted octanol–water partition coefficient (Wildman–Crippen LogP) is 2.79. The highest BCUT2D eigenvalue weighted by molar-refractivity contribution is 5.52. The van der Waals surface area contributed by atoms with E-state index in [0.29, 0.717) is 0 Å². The van der Waals surface area contributed by atoms with Crippen LogP contribution in [-0.4, -0.2) is 0 Å². The van der Waals surface area contributed by atoms with Gasteiger partial charge in [0.1, 0.15) is 5.76 Å². The van der Waals surface area contributed by atoms with Crippen LogP contribution in [0, 0.1) is 6.92 Å². The third-order valence-electron chi connectivity index (χ3n) is 1.31. The van der Waals surface area contributed by atoms with Gasteiger partial charge in [0.15, 0.2) is 0 Å². The van der Waals surface area contributed by atoms with Crippen molar-refractivity contribution in [3.05, 3.63) is 42.4 Å². The average molecular weight is 134 g/mol. The van der Waals surface area contributed by atoms with Gasteiger partial charge < -0.3 is 4.42 Å². The molecule has 0 aliphatic rings. The van der Waals surface area contributed by atoms with Gasteiger partial charge in [-0.25, -0.2) is 0 Å². The normalized spacial score (nSPS) is 10.5. The highest BCUT2D eigenvalue weighted by Gasteiger charge is 1.93. The van der Waals surface area contributed by atoms with Gasteiger partial charge >= 0.3 is 0 Å². The molecule has 1 nitrogen and oxygen atoms in total. The number of furan rings is 1. The molecule has 0 aliphatic heterocycles. The molecule has 1 aromatic rings. The van der Waals surface area contributed by atoms with Gasteiger partial charge in [0.25, 0.3) is 0 Å². The Morgan fingerprint density at radius 3 is 2.90 bits per heavy atom. The van der Waals surface area contributed by atoms with Crippen molar-refractivity contribution < 1.29 is 4.42 Å². The van der Waals surface area contributed by atoms with Gasteiger partial charge in [0, 0.05) is 5.56 Å². The largest absolute Gasteiger partial charge is 0.469 e. The Hall–Kier alpha value is -1.24. The fraction of sp³-hybridized carbons (Fsp3) is 0.111. The summed E-state index contributed by atoms with van der Waals surface area (Å²) in [6.45, 7) is 5.51. The molecule has 0 spiro atoms. The third kappa shape index (κ3) is 1.38. The van der Waals surface area contributed by atoms with Crippen LogP contribution in [0.1, 0.15) is 11.3 Å². The maximum atomic E-state index is 5.08. The molecule has 1 aromatic heterocycles. The average Bonchev–Trinajstić information content (AvgIpc) is 2.31. The van der Waals surface area contributed by atoms with Crippen LogP contribution >= 0.6 is 0 Å². The van der Waals surface area contributed by atoms with E-state index in [2.05, 4.69) is 6.58 Å². The summed E-state index contributed by atoms with van der Waals surface area (Å²) in [7, 11) is 0. The van der Waals surface area contributed by atoms with Gasteiger partial charge in [0.2, 0.25) is 0 Å². The van der Waals surface area contributed by atoms with E-state index in [-0.39, 0.29) is 0 Å². The number of rotatable bonds is 2. The summed E-state index contributed by atoms with van der Waals surface area (Å²) in [6.07, 6.45) is 7.27. The van der Waals surface area contributed by atoms with E-state index in [9.17, 15) is 0 Å². The predicted molar refractivity (Wildman–Crippen MR) is 42.7 cm³/mol. The second kappa shape index (κ2) is 3.06. The summed E-state index contributed by atoms with van der Waals surface area (Å²) in [4.78, 5) is 0. The van der Waals surface area contributed by atoms with Crippen LogP contribution < -0.4 is 0 Å². The van der Waals surface area contributed by atoms with Gasteiger partial charge in [-0.1, -0.05) is 24.8 Å². The number of aryl methyl sites for hydroxylation is 1. The van der Waals surface area contributed by atoms with Crippen LogP contribution in [0.2, 0.25) is 0 Å². The minimum Gasteiger partial charge on any atom is -0.469 e. The molecule has 1 heteroatoms. The van der Waals surface area contributed by atoms with Crippen molar-refractivity contribution >= 4 is 6.08 Å². The van der Waals surface area contributed by atoms with E-state index in [1.165, 1.54) is 0 Å². The maximum Gasteiger partial charge on any atom is 0.107 e. The van der Waals surface area contributed by atoms with Crippen LogP contribution in [0.3, 0.4) is 0 Å². The lowest BCUT2D eigenvalue weighted by molar-refractivity contribution is 0.533. The van der Waals surface area contributed by atoms with E-state index >= 15 is 0 Å². The monoisotopic (exact) mass is 134 g/mol. The second-order valence-corrected chi connectivity index (χ2v) is 2.03. The van der Waals surface area contributed by atoms with Crippen LogP contribution in [0.25, 0.3) is 6.08 Å². The standard InChI is InChI=1S/C9H10O/c1-3-4-5-9-6-7-10-8(9)2/h3-7H,1H2,2H3/b5-4-. The molecule has 0 aliphatic carbocycles. The summed E-state index contributed by atoms with van der Waals surface area (Å²) >= 11 is 0. The number of allylic oxidation sites excluding steroid dienone is 2. The number of hydrogen-bond donors (Lipinski definition) is 0. The first-order chi connectivity index (χ1) is 4.84. The van der Waals surface area contributed by atoms with Crippen LogP contribution in [0.5, 0.6) is 0 Å². The van der Waals surface area contributed by atoms with Gasteiger partial charge in [-0.2, -0.15) is 0 Å². The van der Waals surface area contributed by atoms with Gasteiger partial charge in [-0.3, -0.25) is 0 Å². The molecule has 1 heterocycles. The molecule has 0 N–H and O–H groups in total.